The molecule has 0 bridgehead atoms. The molecule has 4 heteroatoms. The maximum Gasteiger partial charge on any atom is 0.256 e. The zero-order valence-electron chi connectivity index (χ0n) is 39.6. The fourth-order valence-electron chi connectivity index (χ4n) is 9.75. The lowest BCUT2D eigenvalue weighted by Crippen LogP contribution is -2.59. The molecule has 10 rings (SSSR count). The Hall–Kier alpha value is -6.78. The molecule has 0 amide bonds. The van der Waals surface area contributed by atoms with Gasteiger partial charge in [-0.2, -0.15) is 0 Å². The second-order valence-electron chi connectivity index (χ2n) is 21.2. The predicted octanol–water partition coefficient (Wildman–Crippen LogP) is 15.1. The lowest BCUT2D eigenvalue weighted by Gasteiger charge is -2.41. The highest BCUT2D eigenvalue weighted by Crippen LogP contribution is 2.48. The van der Waals surface area contributed by atoms with Crippen molar-refractivity contribution in [1.29, 1.82) is 0 Å². The maximum absolute atomic E-state index is 7.19. The van der Waals surface area contributed by atoms with Gasteiger partial charge in [-0.05, 0) is 139 Å². The molecular formula is C61H59BN2O. The number of benzene rings is 8. The van der Waals surface area contributed by atoms with E-state index < -0.39 is 0 Å². The van der Waals surface area contributed by atoms with Crippen LogP contribution < -0.4 is 30.9 Å². The number of aryl methyl sites for hydroxylation is 1. The molecule has 0 fully saturated rings. The van der Waals surface area contributed by atoms with E-state index in [0.29, 0.717) is 0 Å². The summed E-state index contributed by atoms with van der Waals surface area (Å²) >= 11 is 0. The number of anilines is 6. The van der Waals surface area contributed by atoms with E-state index in [9.17, 15) is 0 Å². The van der Waals surface area contributed by atoms with Gasteiger partial charge in [0.25, 0.3) is 6.71 Å². The average Bonchev–Trinajstić information content (AvgIpc) is 3.28. The quantitative estimate of drug-likeness (QED) is 0.155. The fraction of sp³-hybridized carbons (Fsp3) is 0.213. The summed E-state index contributed by atoms with van der Waals surface area (Å²) < 4.78 is 7.19. The summed E-state index contributed by atoms with van der Waals surface area (Å²) in [6, 6.07) is 65.1. The van der Waals surface area contributed by atoms with Crippen LogP contribution in [0.15, 0.2) is 176 Å². The molecule has 3 nitrogen and oxygen atoms in total. The predicted molar refractivity (Wildman–Crippen MR) is 279 cm³/mol. The number of fused-ring (bicyclic) bond motifs is 4. The van der Waals surface area contributed by atoms with Gasteiger partial charge < -0.3 is 14.5 Å². The van der Waals surface area contributed by atoms with Gasteiger partial charge in [0.1, 0.15) is 11.5 Å². The summed E-state index contributed by atoms with van der Waals surface area (Å²) in [5.74, 6) is 1.78. The lowest BCUT2D eigenvalue weighted by atomic mass is 9.34. The van der Waals surface area contributed by atoms with Gasteiger partial charge in [0.05, 0.1) is 5.69 Å². The van der Waals surface area contributed by atoms with Crippen LogP contribution in [0.3, 0.4) is 0 Å². The molecule has 8 aromatic rings. The summed E-state index contributed by atoms with van der Waals surface area (Å²) in [5, 5.41) is 0. The summed E-state index contributed by atoms with van der Waals surface area (Å²) in [6.45, 7) is 23.1. The zero-order valence-corrected chi connectivity index (χ0v) is 39.6. The molecule has 8 aromatic carbocycles. The second kappa shape index (κ2) is 15.7. The molecule has 2 aliphatic rings. The first kappa shape index (κ1) is 42.2. The highest BCUT2D eigenvalue weighted by Gasteiger charge is 2.43. The van der Waals surface area contributed by atoms with Crippen molar-refractivity contribution in [3.8, 4) is 33.8 Å². The van der Waals surface area contributed by atoms with Crippen molar-refractivity contribution in [3.63, 3.8) is 0 Å². The Morgan fingerprint density at radius 2 is 1.00 bits per heavy atom. The van der Waals surface area contributed by atoms with Crippen LogP contribution in [0.25, 0.3) is 22.3 Å². The first-order chi connectivity index (χ1) is 31.0. The third-order valence-electron chi connectivity index (χ3n) is 13.4. The number of rotatable bonds is 6. The molecule has 0 aromatic heterocycles. The number of nitrogens with zero attached hydrogens (tertiary/aromatic N) is 2. The van der Waals surface area contributed by atoms with Crippen LogP contribution in [0.1, 0.15) is 84.6 Å². The van der Waals surface area contributed by atoms with Gasteiger partial charge in [-0.25, -0.2) is 0 Å². The minimum Gasteiger partial charge on any atom is -0.458 e. The van der Waals surface area contributed by atoms with Crippen molar-refractivity contribution in [3.05, 3.63) is 198 Å². The molecule has 0 atom stereocenters. The van der Waals surface area contributed by atoms with Crippen molar-refractivity contribution >= 4 is 57.2 Å². The topological polar surface area (TPSA) is 15.7 Å². The molecule has 0 radical (unpaired) electrons. The number of hydrogen-bond acceptors (Lipinski definition) is 3. The van der Waals surface area contributed by atoms with Crippen LogP contribution in [0.4, 0.5) is 34.1 Å². The van der Waals surface area contributed by atoms with Crippen molar-refractivity contribution in [2.75, 3.05) is 9.80 Å². The second-order valence-corrected chi connectivity index (χ2v) is 21.2. The van der Waals surface area contributed by atoms with Crippen LogP contribution in [0.5, 0.6) is 11.5 Å². The van der Waals surface area contributed by atoms with E-state index in [2.05, 4.69) is 255 Å². The molecule has 0 saturated carbocycles. The molecule has 0 aliphatic carbocycles. The SMILES string of the molecule is Cc1cc2c3c(c1)N(c1ccc(C(C)(C)C)cc1-c1cc(C(C)(C)C)cc(C(C)(C)C)c1)c1cc(-c4ccccc4)ccc1B3c1ccc(N(c3ccccc3)c3ccccc3)cc1O2. The largest absolute Gasteiger partial charge is 0.458 e. The monoisotopic (exact) mass is 846 g/mol. The van der Waals surface area contributed by atoms with Crippen LogP contribution in [-0.4, -0.2) is 6.71 Å². The summed E-state index contributed by atoms with van der Waals surface area (Å²) in [7, 11) is 0. The Bertz CT molecular complexity index is 3010. The van der Waals surface area contributed by atoms with E-state index in [-0.39, 0.29) is 23.0 Å². The number of para-hydroxylation sites is 2. The standard InChI is InChI=1S/C61H59BN2O/c1-40-32-55-58-57(33-40)65-56-39-49(63(47-22-16-12-17-23-47)48-24-18-13-19-25-48)28-30-52(56)62(58)51-29-26-42(41-20-14-11-15-21-41)36-54(51)64(55)53-31-27-44(59(2,3)4)38-50(53)43-34-45(60(5,6)7)37-46(35-43)61(8,9)10/h11-39H,1-10H3. The minimum atomic E-state index is -0.0529. The first-order valence-electron chi connectivity index (χ1n) is 23.2. The van der Waals surface area contributed by atoms with Gasteiger partial charge in [-0.3, -0.25) is 0 Å². The third-order valence-corrected chi connectivity index (χ3v) is 13.4. The Kier molecular flexibility index (Phi) is 10.2. The molecule has 0 N–H and O–H groups in total. The molecule has 0 saturated heterocycles. The molecule has 322 valence electrons. The van der Waals surface area contributed by atoms with Crippen LogP contribution in [0, 0.1) is 6.92 Å². The Balaban J connectivity index is 1.23. The summed E-state index contributed by atoms with van der Waals surface area (Å²) in [5.41, 5.74) is 20.2. The van der Waals surface area contributed by atoms with E-state index in [0.717, 1.165) is 51.0 Å². The van der Waals surface area contributed by atoms with Gasteiger partial charge in [0.15, 0.2) is 0 Å². The van der Waals surface area contributed by atoms with E-state index in [1.54, 1.807) is 0 Å². The smallest absolute Gasteiger partial charge is 0.256 e. The number of ether oxygens (including phenoxy) is 1. The highest BCUT2D eigenvalue weighted by atomic mass is 16.5. The molecule has 0 spiro atoms. The first-order valence-corrected chi connectivity index (χ1v) is 23.2. The van der Waals surface area contributed by atoms with Crippen LogP contribution in [0.2, 0.25) is 0 Å². The third kappa shape index (κ3) is 7.73. The van der Waals surface area contributed by atoms with Crippen LogP contribution in [-0.2, 0) is 16.2 Å². The van der Waals surface area contributed by atoms with E-state index in [4.69, 9.17) is 4.74 Å². The fourth-order valence-corrected chi connectivity index (χ4v) is 9.75. The number of hydrogen-bond donors (Lipinski definition) is 0. The Morgan fingerprint density at radius 1 is 0.415 bits per heavy atom. The summed E-state index contributed by atoms with van der Waals surface area (Å²) in [4.78, 5) is 4.87. The summed E-state index contributed by atoms with van der Waals surface area (Å²) in [6.07, 6.45) is 0. The van der Waals surface area contributed by atoms with Gasteiger partial charge in [0, 0.05) is 40.1 Å². The van der Waals surface area contributed by atoms with Crippen molar-refractivity contribution in [2.45, 2.75) is 85.5 Å². The zero-order chi connectivity index (χ0) is 45.4. The lowest BCUT2D eigenvalue weighted by molar-refractivity contribution is 0.487. The van der Waals surface area contributed by atoms with E-state index in [1.165, 1.54) is 55.6 Å². The normalized spacial score (nSPS) is 13.1. The Labute approximate surface area is 387 Å². The maximum atomic E-state index is 7.19. The minimum absolute atomic E-state index is 0.0349. The van der Waals surface area contributed by atoms with E-state index in [1.807, 2.05) is 0 Å². The Morgan fingerprint density at radius 3 is 1.60 bits per heavy atom. The van der Waals surface area contributed by atoms with Crippen molar-refractivity contribution < 1.29 is 4.74 Å². The van der Waals surface area contributed by atoms with Gasteiger partial charge >= 0.3 is 0 Å². The molecule has 2 aliphatic heterocycles. The molecule has 65 heavy (non-hydrogen) atoms. The van der Waals surface area contributed by atoms with Crippen molar-refractivity contribution in [2.24, 2.45) is 0 Å². The molecule has 0 unspecified atom stereocenters. The van der Waals surface area contributed by atoms with Gasteiger partial charge in [0.2, 0.25) is 0 Å². The highest BCUT2D eigenvalue weighted by molar-refractivity contribution is 6.99. The molecular weight excluding hydrogens is 787 g/mol. The molecule has 2 heterocycles. The van der Waals surface area contributed by atoms with Crippen LogP contribution >= 0.6 is 0 Å². The van der Waals surface area contributed by atoms with E-state index >= 15 is 0 Å². The van der Waals surface area contributed by atoms with Gasteiger partial charge in [-0.15, -0.1) is 0 Å². The van der Waals surface area contributed by atoms with Crippen molar-refractivity contribution in [1.82, 2.24) is 0 Å². The van der Waals surface area contributed by atoms with Gasteiger partial charge in [-0.1, -0.05) is 172 Å². The average molecular weight is 847 g/mol.